The molecule has 2 aliphatic rings. The predicted molar refractivity (Wildman–Crippen MR) is 143 cm³/mol. The molecule has 0 saturated heterocycles. The molecule has 0 aliphatic heterocycles. The number of esters is 1. The van der Waals surface area contributed by atoms with Crippen molar-refractivity contribution in [1.29, 1.82) is 0 Å². The number of hydrogen-bond donors (Lipinski definition) is 1. The molecule has 5 heteroatoms. The van der Waals surface area contributed by atoms with E-state index in [1.54, 1.807) is 0 Å². The van der Waals surface area contributed by atoms with Crippen LogP contribution in [0.15, 0.2) is 65.6 Å². The summed E-state index contributed by atoms with van der Waals surface area (Å²) in [5.41, 5.74) is 3.49. The van der Waals surface area contributed by atoms with Gasteiger partial charge in [-0.1, -0.05) is 68.2 Å². The molecule has 36 heavy (non-hydrogen) atoms. The molecule has 0 amide bonds. The minimum atomic E-state index is -0.509. The molecule has 2 fully saturated rings. The van der Waals surface area contributed by atoms with E-state index in [4.69, 9.17) is 9.15 Å². The van der Waals surface area contributed by atoms with Crippen LogP contribution in [0.1, 0.15) is 68.4 Å². The van der Waals surface area contributed by atoms with Crippen LogP contribution >= 0.6 is 0 Å². The molecule has 2 unspecified atom stereocenters. The molecule has 0 spiro atoms. The molecule has 0 radical (unpaired) electrons. The summed E-state index contributed by atoms with van der Waals surface area (Å²) in [5, 5.41) is 3.47. The number of carbonyl (C=O) groups excluding carboxylic acids is 1. The van der Waals surface area contributed by atoms with Gasteiger partial charge in [0.2, 0.25) is 5.89 Å². The molecule has 1 aromatic heterocycles. The quantitative estimate of drug-likeness (QED) is 0.159. The predicted octanol–water partition coefficient (Wildman–Crippen LogP) is 6.64. The smallest absolute Gasteiger partial charge is 0.316 e. The second kappa shape index (κ2) is 11.0. The van der Waals surface area contributed by atoms with Crippen LogP contribution in [0.3, 0.4) is 0 Å². The zero-order valence-electron chi connectivity index (χ0n) is 21.4. The number of ether oxygens (including phenoxy) is 1. The number of hydrogen-bond acceptors (Lipinski definition) is 5. The van der Waals surface area contributed by atoms with Crippen molar-refractivity contribution < 1.29 is 13.9 Å². The Kier molecular flexibility index (Phi) is 7.56. The molecule has 2 aromatic carbocycles. The number of nitrogens with one attached hydrogen (secondary N) is 1. The number of benzene rings is 2. The van der Waals surface area contributed by atoms with E-state index in [-0.39, 0.29) is 12.1 Å². The van der Waals surface area contributed by atoms with E-state index in [9.17, 15) is 4.79 Å². The largest absolute Gasteiger partial charge is 0.461 e. The number of aryl methyl sites for hydroxylation is 1. The molecule has 1 N–H and O–H groups in total. The average Bonchev–Trinajstić information content (AvgIpc) is 3.11. The van der Waals surface area contributed by atoms with Crippen LogP contribution in [0.2, 0.25) is 0 Å². The topological polar surface area (TPSA) is 64.4 Å². The van der Waals surface area contributed by atoms with Gasteiger partial charge < -0.3 is 14.5 Å². The maximum Gasteiger partial charge on any atom is 0.316 e. The van der Waals surface area contributed by atoms with E-state index in [0.717, 1.165) is 67.3 Å². The first-order chi connectivity index (χ1) is 17.6. The van der Waals surface area contributed by atoms with E-state index in [1.165, 1.54) is 12.8 Å². The second-order valence-corrected chi connectivity index (χ2v) is 10.6. The van der Waals surface area contributed by atoms with Crippen molar-refractivity contribution in [2.75, 3.05) is 6.54 Å². The fraction of sp³-hybridized carbons (Fsp3) is 0.484. The molecule has 0 bridgehead atoms. The fourth-order valence-corrected chi connectivity index (χ4v) is 6.07. The maximum atomic E-state index is 13.8. The van der Waals surface area contributed by atoms with Crippen molar-refractivity contribution in [3.8, 4) is 0 Å². The minimum Gasteiger partial charge on any atom is -0.461 e. The van der Waals surface area contributed by atoms with Crippen LogP contribution in [0.5, 0.6) is 0 Å². The van der Waals surface area contributed by atoms with Gasteiger partial charge in [0.15, 0.2) is 5.58 Å². The summed E-state index contributed by atoms with van der Waals surface area (Å²) in [5.74, 6) is 1.36. The summed E-state index contributed by atoms with van der Waals surface area (Å²) in [7, 11) is 0. The number of nitrogens with zero attached hydrogens (tertiary/aromatic N) is 1. The first-order valence-corrected chi connectivity index (χ1v) is 13.5. The average molecular weight is 487 g/mol. The van der Waals surface area contributed by atoms with Gasteiger partial charge in [0.25, 0.3) is 0 Å². The zero-order chi connectivity index (χ0) is 25.0. The fourth-order valence-electron chi connectivity index (χ4n) is 6.07. The molecule has 190 valence electrons. The SMILES string of the molecule is C=CC1C[C@H](OC(=O)C2(c3ccccc3)CCCCCC2)C1CCNCc1nc2ccc(C)cc2o1. The van der Waals surface area contributed by atoms with Gasteiger partial charge in [0.05, 0.1) is 12.0 Å². The number of allylic oxidation sites excluding steroid dienone is 1. The Morgan fingerprint density at radius 2 is 1.94 bits per heavy atom. The molecule has 2 saturated carbocycles. The standard InChI is InChI=1S/C31H38N2O3/c1-3-23-20-27(25(23)15-18-32-21-29-33-26-14-13-22(2)19-28(26)35-29)36-30(34)31(16-9-4-5-10-17-31)24-11-7-6-8-12-24/h3,6-8,11-14,19,23,25,27,32H,1,4-5,9-10,15-18,20-21H2,2H3/t23?,25?,27-/m0/s1. The first kappa shape index (κ1) is 24.8. The third-order valence-electron chi connectivity index (χ3n) is 8.29. The second-order valence-electron chi connectivity index (χ2n) is 10.6. The normalized spacial score (nSPS) is 23.5. The molecule has 5 nitrogen and oxygen atoms in total. The van der Waals surface area contributed by atoms with Crippen LogP contribution in [0.25, 0.3) is 11.1 Å². The van der Waals surface area contributed by atoms with Crippen LogP contribution in [0, 0.1) is 18.8 Å². The van der Waals surface area contributed by atoms with Crippen LogP contribution in [-0.2, 0) is 21.5 Å². The number of carbonyl (C=O) groups is 1. The Bertz CT molecular complexity index is 1180. The lowest BCUT2D eigenvalue weighted by atomic mass is 9.68. The number of fused-ring (bicyclic) bond motifs is 1. The van der Waals surface area contributed by atoms with Gasteiger partial charge in [-0.15, -0.1) is 6.58 Å². The van der Waals surface area contributed by atoms with Gasteiger partial charge >= 0.3 is 5.97 Å². The van der Waals surface area contributed by atoms with E-state index < -0.39 is 5.41 Å². The Labute approximate surface area is 214 Å². The van der Waals surface area contributed by atoms with Crippen molar-refractivity contribution in [1.82, 2.24) is 10.3 Å². The Morgan fingerprint density at radius 1 is 1.17 bits per heavy atom. The van der Waals surface area contributed by atoms with Crippen LogP contribution < -0.4 is 5.32 Å². The Morgan fingerprint density at radius 3 is 2.69 bits per heavy atom. The molecule has 3 atom stereocenters. The highest BCUT2D eigenvalue weighted by atomic mass is 16.5. The summed E-state index contributed by atoms with van der Waals surface area (Å²) in [4.78, 5) is 18.3. The van der Waals surface area contributed by atoms with Gasteiger partial charge in [-0.2, -0.15) is 0 Å². The van der Waals surface area contributed by atoms with Crippen molar-refractivity contribution >= 4 is 17.1 Å². The first-order valence-electron chi connectivity index (χ1n) is 13.5. The highest BCUT2D eigenvalue weighted by Gasteiger charge is 2.47. The Hall–Kier alpha value is -2.92. The summed E-state index contributed by atoms with van der Waals surface area (Å²) in [6.45, 7) is 7.48. The van der Waals surface area contributed by atoms with Crippen LogP contribution in [-0.4, -0.2) is 23.6 Å². The van der Waals surface area contributed by atoms with Gasteiger partial charge in [0.1, 0.15) is 11.6 Å². The van der Waals surface area contributed by atoms with Gasteiger partial charge in [-0.3, -0.25) is 4.79 Å². The molecule has 5 rings (SSSR count). The van der Waals surface area contributed by atoms with E-state index in [2.05, 4.69) is 35.9 Å². The summed E-state index contributed by atoms with van der Waals surface area (Å²) in [6, 6.07) is 16.4. The van der Waals surface area contributed by atoms with Crippen molar-refractivity contribution in [3.05, 3.63) is 78.2 Å². The van der Waals surface area contributed by atoms with Gasteiger partial charge in [-0.05, 0) is 68.3 Å². The lowest BCUT2D eigenvalue weighted by Gasteiger charge is -2.44. The lowest BCUT2D eigenvalue weighted by molar-refractivity contribution is -0.169. The number of rotatable bonds is 9. The minimum absolute atomic E-state index is 0.0251. The molecule has 1 heterocycles. The molecule has 3 aromatic rings. The zero-order valence-corrected chi connectivity index (χ0v) is 21.4. The highest BCUT2D eigenvalue weighted by molar-refractivity contribution is 5.83. The number of aromatic nitrogens is 1. The molecule has 2 aliphatic carbocycles. The lowest BCUT2D eigenvalue weighted by Crippen LogP contribution is -2.48. The van der Waals surface area contributed by atoms with E-state index in [0.29, 0.717) is 24.3 Å². The van der Waals surface area contributed by atoms with Gasteiger partial charge in [0, 0.05) is 5.92 Å². The third kappa shape index (κ3) is 5.12. The van der Waals surface area contributed by atoms with Crippen molar-refractivity contribution in [2.45, 2.75) is 76.4 Å². The summed E-state index contributed by atoms with van der Waals surface area (Å²) >= 11 is 0. The van der Waals surface area contributed by atoms with Crippen LogP contribution in [0.4, 0.5) is 0 Å². The summed E-state index contributed by atoms with van der Waals surface area (Å²) in [6.07, 6.45) is 10.1. The van der Waals surface area contributed by atoms with E-state index >= 15 is 0 Å². The number of oxazole rings is 1. The highest BCUT2D eigenvalue weighted by Crippen LogP contribution is 2.44. The van der Waals surface area contributed by atoms with Crippen molar-refractivity contribution in [3.63, 3.8) is 0 Å². The molecular formula is C31H38N2O3. The maximum absolute atomic E-state index is 13.8. The van der Waals surface area contributed by atoms with Crippen molar-refractivity contribution in [2.24, 2.45) is 11.8 Å². The summed E-state index contributed by atoms with van der Waals surface area (Å²) < 4.78 is 12.2. The van der Waals surface area contributed by atoms with Gasteiger partial charge in [-0.25, -0.2) is 4.98 Å². The third-order valence-corrected chi connectivity index (χ3v) is 8.29. The monoisotopic (exact) mass is 486 g/mol. The molecular weight excluding hydrogens is 448 g/mol. The van der Waals surface area contributed by atoms with E-state index in [1.807, 2.05) is 42.5 Å². The Balaban J connectivity index is 1.19.